The van der Waals surface area contributed by atoms with Crippen molar-refractivity contribution in [2.45, 2.75) is 13.0 Å². The Bertz CT molecular complexity index is 623. The highest BCUT2D eigenvalue weighted by Crippen LogP contribution is 2.20. The number of carbonyl (C=O) groups excluding carboxylic acids is 1. The molecule has 3 nitrogen and oxygen atoms in total. The van der Waals surface area contributed by atoms with Gasteiger partial charge in [0, 0.05) is 29.9 Å². The van der Waals surface area contributed by atoms with E-state index in [9.17, 15) is 9.18 Å². The zero-order chi connectivity index (χ0) is 15.4. The number of hydrogen-bond donors (Lipinski definition) is 1. The van der Waals surface area contributed by atoms with Gasteiger partial charge in [-0.15, -0.1) is 0 Å². The molecule has 0 saturated carbocycles. The quantitative estimate of drug-likeness (QED) is 0.881. The summed E-state index contributed by atoms with van der Waals surface area (Å²) in [6, 6.07) is 11.6. The van der Waals surface area contributed by atoms with Gasteiger partial charge in [-0.3, -0.25) is 4.79 Å². The Morgan fingerprint density at radius 3 is 2.52 bits per heavy atom. The lowest BCUT2D eigenvalue weighted by molar-refractivity contribution is -0.129. The fraction of sp³-hybridized carbons (Fsp3) is 0.188. The number of benzene rings is 2. The lowest BCUT2D eigenvalue weighted by atomic mass is 10.1. The topological polar surface area (TPSA) is 46.3 Å². The zero-order valence-corrected chi connectivity index (χ0v) is 12.4. The first-order valence-electron chi connectivity index (χ1n) is 6.48. The van der Waals surface area contributed by atoms with Crippen LogP contribution in [0.1, 0.15) is 11.1 Å². The van der Waals surface area contributed by atoms with Crippen LogP contribution in [0.3, 0.4) is 0 Å². The standard InChI is InChI=1S/C16H16ClFN2O/c1-20(10-13-14(17)3-2-4-15(13)18)16(21)9-11-5-7-12(19)8-6-11/h2-8H,9-10,19H2,1H3. The third kappa shape index (κ3) is 3.95. The number of anilines is 1. The van der Waals surface area contributed by atoms with Crippen LogP contribution in [-0.2, 0) is 17.8 Å². The first-order chi connectivity index (χ1) is 9.97. The highest BCUT2D eigenvalue weighted by molar-refractivity contribution is 6.31. The molecule has 2 aromatic rings. The average Bonchev–Trinajstić information content (AvgIpc) is 2.45. The van der Waals surface area contributed by atoms with E-state index in [4.69, 9.17) is 17.3 Å². The van der Waals surface area contributed by atoms with E-state index in [0.29, 0.717) is 16.3 Å². The van der Waals surface area contributed by atoms with Gasteiger partial charge in [-0.05, 0) is 29.8 Å². The summed E-state index contributed by atoms with van der Waals surface area (Å²) in [5.74, 6) is -0.520. The molecule has 0 aliphatic heterocycles. The molecular weight excluding hydrogens is 291 g/mol. The summed E-state index contributed by atoms with van der Waals surface area (Å²) in [6.45, 7) is 0.138. The number of nitrogen functional groups attached to an aromatic ring is 1. The molecule has 0 fully saturated rings. The van der Waals surface area contributed by atoms with Gasteiger partial charge in [0.25, 0.3) is 0 Å². The monoisotopic (exact) mass is 306 g/mol. The van der Waals surface area contributed by atoms with Crippen LogP contribution in [0.5, 0.6) is 0 Å². The number of carbonyl (C=O) groups is 1. The Kier molecular flexibility index (Phi) is 4.81. The maximum Gasteiger partial charge on any atom is 0.227 e. The van der Waals surface area contributed by atoms with E-state index in [2.05, 4.69) is 0 Å². The molecule has 0 unspecified atom stereocenters. The summed E-state index contributed by atoms with van der Waals surface area (Å²) < 4.78 is 13.7. The number of rotatable bonds is 4. The molecular formula is C16H16ClFN2O. The summed E-state index contributed by atoms with van der Waals surface area (Å²) in [5.41, 5.74) is 7.44. The minimum Gasteiger partial charge on any atom is -0.399 e. The van der Waals surface area contributed by atoms with Gasteiger partial charge in [0.2, 0.25) is 5.91 Å². The molecule has 0 aliphatic carbocycles. The Hall–Kier alpha value is -2.07. The molecule has 0 spiro atoms. The molecule has 110 valence electrons. The van der Waals surface area contributed by atoms with Crippen molar-refractivity contribution in [3.63, 3.8) is 0 Å². The normalized spacial score (nSPS) is 10.4. The van der Waals surface area contributed by atoms with Crippen molar-refractivity contribution in [1.29, 1.82) is 0 Å². The average molecular weight is 307 g/mol. The number of likely N-dealkylation sites (N-methyl/N-ethyl adjacent to an activating group) is 1. The first kappa shape index (κ1) is 15.3. The maximum absolute atomic E-state index is 13.7. The van der Waals surface area contributed by atoms with Crippen molar-refractivity contribution >= 4 is 23.2 Å². The van der Waals surface area contributed by atoms with Crippen LogP contribution in [0.25, 0.3) is 0 Å². The second-order valence-corrected chi connectivity index (χ2v) is 5.28. The van der Waals surface area contributed by atoms with Crippen LogP contribution in [0.15, 0.2) is 42.5 Å². The first-order valence-corrected chi connectivity index (χ1v) is 6.86. The third-order valence-electron chi connectivity index (χ3n) is 3.22. The van der Waals surface area contributed by atoms with Gasteiger partial charge in [-0.2, -0.15) is 0 Å². The minimum absolute atomic E-state index is 0.112. The fourth-order valence-electron chi connectivity index (χ4n) is 1.95. The van der Waals surface area contributed by atoms with E-state index in [0.717, 1.165) is 5.56 Å². The van der Waals surface area contributed by atoms with Crippen molar-refractivity contribution in [3.8, 4) is 0 Å². The zero-order valence-electron chi connectivity index (χ0n) is 11.6. The lowest BCUT2D eigenvalue weighted by Gasteiger charge is -2.18. The predicted octanol–water partition coefficient (Wildman–Crippen LogP) is 3.26. The van der Waals surface area contributed by atoms with Gasteiger partial charge < -0.3 is 10.6 Å². The molecule has 0 aliphatic rings. The molecule has 1 amide bonds. The van der Waals surface area contributed by atoms with Crippen molar-refractivity contribution in [2.24, 2.45) is 0 Å². The number of nitrogens with two attached hydrogens (primary N) is 1. The largest absolute Gasteiger partial charge is 0.399 e. The van der Waals surface area contributed by atoms with Crippen LogP contribution in [-0.4, -0.2) is 17.9 Å². The van der Waals surface area contributed by atoms with Gasteiger partial charge >= 0.3 is 0 Å². The highest BCUT2D eigenvalue weighted by atomic mass is 35.5. The van der Waals surface area contributed by atoms with E-state index in [1.807, 2.05) is 0 Å². The van der Waals surface area contributed by atoms with Crippen molar-refractivity contribution in [3.05, 3.63) is 64.4 Å². The molecule has 2 aromatic carbocycles. The van der Waals surface area contributed by atoms with Crippen molar-refractivity contribution in [2.75, 3.05) is 12.8 Å². The van der Waals surface area contributed by atoms with Crippen LogP contribution < -0.4 is 5.73 Å². The van der Waals surface area contributed by atoms with Gasteiger partial charge in [0.05, 0.1) is 6.42 Å². The van der Waals surface area contributed by atoms with Gasteiger partial charge in [0.15, 0.2) is 0 Å². The second-order valence-electron chi connectivity index (χ2n) is 4.87. The van der Waals surface area contributed by atoms with Crippen LogP contribution in [0.4, 0.5) is 10.1 Å². The van der Waals surface area contributed by atoms with E-state index in [1.54, 1.807) is 37.4 Å². The number of nitrogens with zero attached hydrogens (tertiary/aromatic N) is 1. The second kappa shape index (κ2) is 6.59. The molecule has 0 saturated heterocycles. The summed E-state index contributed by atoms with van der Waals surface area (Å²) >= 11 is 5.96. The molecule has 0 aromatic heterocycles. The maximum atomic E-state index is 13.7. The van der Waals surface area contributed by atoms with Crippen LogP contribution >= 0.6 is 11.6 Å². The summed E-state index contributed by atoms with van der Waals surface area (Å²) in [5, 5.41) is 0.321. The molecule has 0 atom stereocenters. The van der Waals surface area contributed by atoms with E-state index < -0.39 is 5.82 Å². The Balaban J connectivity index is 2.04. The predicted molar refractivity (Wildman–Crippen MR) is 82.4 cm³/mol. The SMILES string of the molecule is CN(Cc1c(F)cccc1Cl)C(=O)Cc1ccc(N)cc1. The van der Waals surface area contributed by atoms with E-state index in [-0.39, 0.29) is 18.9 Å². The molecule has 2 rings (SSSR count). The molecule has 0 bridgehead atoms. The summed E-state index contributed by atoms with van der Waals surface area (Å²) in [7, 11) is 1.63. The van der Waals surface area contributed by atoms with Crippen LogP contribution in [0.2, 0.25) is 5.02 Å². The Labute approximate surface area is 128 Å². The number of halogens is 2. The molecule has 0 radical (unpaired) electrons. The summed E-state index contributed by atoms with van der Waals surface area (Å²) in [4.78, 5) is 13.6. The van der Waals surface area contributed by atoms with Gasteiger partial charge in [-0.25, -0.2) is 4.39 Å². The van der Waals surface area contributed by atoms with Crippen molar-refractivity contribution in [1.82, 2.24) is 4.90 Å². The lowest BCUT2D eigenvalue weighted by Crippen LogP contribution is -2.28. The highest BCUT2D eigenvalue weighted by Gasteiger charge is 2.14. The fourth-order valence-corrected chi connectivity index (χ4v) is 2.18. The third-order valence-corrected chi connectivity index (χ3v) is 3.57. The Morgan fingerprint density at radius 1 is 1.24 bits per heavy atom. The van der Waals surface area contributed by atoms with Gasteiger partial charge in [0.1, 0.15) is 5.82 Å². The molecule has 2 N–H and O–H groups in total. The number of hydrogen-bond acceptors (Lipinski definition) is 2. The van der Waals surface area contributed by atoms with E-state index >= 15 is 0 Å². The van der Waals surface area contributed by atoms with Crippen LogP contribution in [0, 0.1) is 5.82 Å². The minimum atomic E-state index is -0.408. The molecule has 21 heavy (non-hydrogen) atoms. The Morgan fingerprint density at radius 2 is 1.90 bits per heavy atom. The molecule has 0 heterocycles. The van der Waals surface area contributed by atoms with Gasteiger partial charge in [-0.1, -0.05) is 29.8 Å². The smallest absolute Gasteiger partial charge is 0.227 e. The molecule has 5 heteroatoms. The van der Waals surface area contributed by atoms with Crippen molar-refractivity contribution < 1.29 is 9.18 Å². The van der Waals surface area contributed by atoms with E-state index in [1.165, 1.54) is 17.0 Å². The number of amides is 1. The summed E-state index contributed by atoms with van der Waals surface area (Å²) in [6.07, 6.45) is 0.239.